The SMILES string of the molecule is CCC(CO)C(O)(CO)C12CCC(C3CO3)CC1O2. The van der Waals surface area contributed by atoms with Crippen LogP contribution in [0.1, 0.15) is 32.6 Å². The Balaban J connectivity index is 1.74. The van der Waals surface area contributed by atoms with Crippen LogP contribution in [-0.4, -0.2) is 58.6 Å². The zero-order chi connectivity index (χ0) is 13.7. The summed E-state index contributed by atoms with van der Waals surface area (Å²) in [4.78, 5) is 0. The lowest BCUT2D eigenvalue weighted by Gasteiger charge is -2.41. The third-order valence-electron chi connectivity index (χ3n) is 5.47. The van der Waals surface area contributed by atoms with E-state index in [1.807, 2.05) is 6.92 Å². The number of aliphatic hydroxyl groups excluding tert-OH is 2. The fraction of sp³-hybridized carbons (Fsp3) is 1.00. The second kappa shape index (κ2) is 4.67. The van der Waals surface area contributed by atoms with E-state index in [4.69, 9.17) is 9.47 Å². The summed E-state index contributed by atoms with van der Waals surface area (Å²) >= 11 is 0. The lowest BCUT2D eigenvalue weighted by molar-refractivity contribution is -0.133. The predicted molar refractivity (Wildman–Crippen MR) is 67.6 cm³/mol. The molecule has 0 aromatic rings. The standard InChI is InChI=1S/C14H24O5/c1-2-10(6-15)13(17,8-16)14-4-3-9(11-7-18-11)5-12(14)19-14/h9-12,15-17H,2-8H2,1H3. The molecule has 0 spiro atoms. The second-order valence-corrected chi connectivity index (χ2v) is 6.27. The van der Waals surface area contributed by atoms with Gasteiger partial charge in [-0.05, 0) is 31.6 Å². The highest BCUT2D eigenvalue weighted by atomic mass is 16.6. The Labute approximate surface area is 113 Å². The van der Waals surface area contributed by atoms with Crippen molar-refractivity contribution in [2.24, 2.45) is 11.8 Å². The van der Waals surface area contributed by atoms with Gasteiger partial charge < -0.3 is 24.8 Å². The Bertz CT molecular complexity index is 341. The van der Waals surface area contributed by atoms with Crippen molar-refractivity contribution >= 4 is 0 Å². The van der Waals surface area contributed by atoms with Gasteiger partial charge in [-0.15, -0.1) is 0 Å². The Kier molecular flexibility index (Phi) is 3.38. The van der Waals surface area contributed by atoms with Gasteiger partial charge in [-0.1, -0.05) is 6.92 Å². The lowest BCUT2D eigenvalue weighted by Crippen LogP contribution is -2.57. The van der Waals surface area contributed by atoms with Gasteiger partial charge in [0.2, 0.25) is 0 Å². The zero-order valence-electron chi connectivity index (χ0n) is 11.4. The molecular weight excluding hydrogens is 248 g/mol. The van der Waals surface area contributed by atoms with Crippen LogP contribution >= 0.6 is 0 Å². The van der Waals surface area contributed by atoms with E-state index in [0.717, 1.165) is 25.9 Å². The smallest absolute Gasteiger partial charge is 0.126 e. The summed E-state index contributed by atoms with van der Waals surface area (Å²) in [5.74, 6) is 0.189. The topological polar surface area (TPSA) is 85.8 Å². The van der Waals surface area contributed by atoms with Gasteiger partial charge >= 0.3 is 0 Å². The minimum absolute atomic E-state index is 0.00759. The molecule has 0 radical (unpaired) electrons. The van der Waals surface area contributed by atoms with E-state index in [-0.39, 0.29) is 25.2 Å². The molecule has 0 aromatic carbocycles. The quantitative estimate of drug-likeness (QED) is 0.596. The fourth-order valence-corrected chi connectivity index (χ4v) is 3.96. The fourth-order valence-electron chi connectivity index (χ4n) is 3.96. The predicted octanol–water partition coefficient (Wildman–Crippen LogP) is 0.0648. The van der Waals surface area contributed by atoms with Crippen LogP contribution in [0.15, 0.2) is 0 Å². The summed E-state index contributed by atoms with van der Waals surface area (Å²) in [7, 11) is 0. The van der Waals surface area contributed by atoms with Crippen molar-refractivity contribution in [2.75, 3.05) is 19.8 Å². The number of rotatable bonds is 6. The molecule has 2 saturated heterocycles. The van der Waals surface area contributed by atoms with Crippen molar-refractivity contribution in [3.05, 3.63) is 0 Å². The van der Waals surface area contributed by atoms with E-state index in [0.29, 0.717) is 18.4 Å². The van der Waals surface area contributed by atoms with Crippen LogP contribution in [0.3, 0.4) is 0 Å². The average Bonchev–Trinajstić information content (AvgIpc) is 3.29. The Morgan fingerprint density at radius 3 is 2.63 bits per heavy atom. The van der Waals surface area contributed by atoms with Crippen molar-refractivity contribution in [2.45, 2.75) is 56.0 Å². The average molecular weight is 272 g/mol. The summed E-state index contributed by atoms with van der Waals surface area (Å²) in [6, 6.07) is 0. The second-order valence-electron chi connectivity index (χ2n) is 6.27. The Hall–Kier alpha value is -0.200. The molecule has 3 aliphatic rings. The van der Waals surface area contributed by atoms with E-state index in [1.165, 1.54) is 0 Å². The van der Waals surface area contributed by atoms with Crippen LogP contribution in [0.4, 0.5) is 0 Å². The number of hydrogen-bond acceptors (Lipinski definition) is 5. The number of aliphatic hydroxyl groups is 3. The van der Waals surface area contributed by atoms with Crippen molar-refractivity contribution < 1.29 is 24.8 Å². The summed E-state index contributed by atoms with van der Waals surface area (Å²) in [5.41, 5.74) is -1.97. The van der Waals surface area contributed by atoms with Crippen LogP contribution < -0.4 is 0 Å². The van der Waals surface area contributed by atoms with Crippen molar-refractivity contribution in [3.8, 4) is 0 Å². The number of ether oxygens (including phenoxy) is 2. The van der Waals surface area contributed by atoms with Gasteiger partial charge in [-0.25, -0.2) is 0 Å². The third kappa shape index (κ3) is 1.94. The molecule has 3 rings (SSSR count). The van der Waals surface area contributed by atoms with E-state index in [1.54, 1.807) is 0 Å². The molecule has 0 bridgehead atoms. The van der Waals surface area contributed by atoms with Crippen LogP contribution in [0.2, 0.25) is 0 Å². The van der Waals surface area contributed by atoms with Gasteiger partial charge in [0.15, 0.2) is 0 Å². The number of fused-ring (bicyclic) bond motifs is 1. The van der Waals surface area contributed by atoms with Crippen LogP contribution in [0.25, 0.3) is 0 Å². The number of hydrogen-bond donors (Lipinski definition) is 3. The molecule has 1 saturated carbocycles. The zero-order valence-corrected chi connectivity index (χ0v) is 11.4. The van der Waals surface area contributed by atoms with E-state index in [9.17, 15) is 15.3 Å². The van der Waals surface area contributed by atoms with Crippen molar-refractivity contribution in [3.63, 3.8) is 0 Å². The molecule has 3 N–H and O–H groups in total. The molecule has 2 aliphatic heterocycles. The normalized spacial score (nSPS) is 45.2. The minimum atomic E-state index is -1.32. The molecule has 110 valence electrons. The third-order valence-corrected chi connectivity index (χ3v) is 5.47. The first-order valence-corrected chi connectivity index (χ1v) is 7.34. The molecule has 0 amide bonds. The Morgan fingerprint density at radius 2 is 2.16 bits per heavy atom. The summed E-state index contributed by atoms with van der Waals surface area (Å²) in [5, 5.41) is 30.0. The number of epoxide rings is 2. The summed E-state index contributed by atoms with van der Waals surface area (Å²) < 4.78 is 11.2. The van der Waals surface area contributed by atoms with Gasteiger partial charge in [-0.3, -0.25) is 0 Å². The van der Waals surface area contributed by atoms with Crippen molar-refractivity contribution in [1.82, 2.24) is 0 Å². The molecule has 0 aromatic heterocycles. The monoisotopic (exact) mass is 272 g/mol. The van der Waals surface area contributed by atoms with Gasteiger partial charge in [0.25, 0.3) is 0 Å². The van der Waals surface area contributed by atoms with Crippen molar-refractivity contribution in [1.29, 1.82) is 0 Å². The largest absolute Gasteiger partial charge is 0.396 e. The molecule has 1 aliphatic carbocycles. The maximum absolute atomic E-state index is 10.9. The molecule has 2 heterocycles. The maximum atomic E-state index is 10.9. The van der Waals surface area contributed by atoms with E-state index >= 15 is 0 Å². The molecule has 3 fully saturated rings. The van der Waals surface area contributed by atoms with Crippen LogP contribution in [-0.2, 0) is 9.47 Å². The first kappa shape index (κ1) is 13.8. The van der Waals surface area contributed by atoms with E-state index in [2.05, 4.69) is 0 Å². The highest BCUT2D eigenvalue weighted by Gasteiger charge is 2.71. The Morgan fingerprint density at radius 1 is 1.42 bits per heavy atom. The van der Waals surface area contributed by atoms with Gasteiger partial charge in [-0.2, -0.15) is 0 Å². The summed E-state index contributed by atoms with van der Waals surface area (Å²) in [6.07, 6.45) is 3.62. The lowest BCUT2D eigenvalue weighted by atomic mass is 9.67. The highest BCUT2D eigenvalue weighted by molar-refractivity contribution is 5.20. The molecule has 5 nitrogen and oxygen atoms in total. The van der Waals surface area contributed by atoms with Crippen LogP contribution in [0, 0.1) is 11.8 Å². The highest BCUT2D eigenvalue weighted by Crippen LogP contribution is 2.58. The van der Waals surface area contributed by atoms with Crippen LogP contribution in [0.5, 0.6) is 0 Å². The van der Waals surface area contributed by atoms with E-state index < -0.39 is 11.2 Å². The molecular formula is C14H24O5. The van der Waals surface area contributed by atoms with Gasteiger partial charge in [0.05, 0.1) is 25.4 Å². The molecule has 19 heavy (non-hydrogen) atoms. The van der Waals surface area contributed by atoms with Gasteiger partial charge in [0, 0.05) is 12.5 Å². The summed E-state index contributed by atoms with van der Waals surface area (Å²) in [6.45, 7) is 2.29. The molecule has 5 heteroatoms. The first-order valence-electron chi connectivity index (χ1n) is 7.34. The van der Waals surface area contributed by atoms with Gasteiger partial charge in [0.1, 0.15) is 11.2 Å². The molecule has 6 unspecified atom stereocenters. The molecule has 6 atom stereocenters. The maximum Gasteiger partial charge on any atom is 0.126 e. The first-order chi connectivity index (χ1) is 9.11. The minimum Gasteiger partial charge on any atom is -0.396 e.